The van der Waals surface area contributed by atoms with Crippen molar-refractivity contribution < 1.29 is 19.4 Å². The Morgan fingerprint density at radius 3 is 2.59 bits per heavy atom. The standard InChI is InChI=1S/C22H34INO4Si/c1-15-19(11-8-16-6-9-17(23)10-7-16)28-20(22(15)29(2,3)27)13-21(26)24-12-4-5-18(24)14-25/h6-7,9-10,15,18-20,22,25,27H,4-5,8,11-14H2,1-3H3/t15-,18-,19+,20-,22+/m0/s1. The van der Waals surface area contributed by atoms with E-state index < -0.39 is 8.32 Å². The molecule has 5 nitrogen and oxygen atoms in total. The lowest BCUT2D eigenvalue weighted by Gasteiger charge is -2.31. The normalized spacial score (nSPS) is 30.1. The molecule has 2 aliphatic heterocycles. The molecular weight excluding hydrogens is 497 g/mol. The first-order valence-electron chi connectivity index (χ1n) is 10.7. The van der Waals surface area contributed by atoms with E-state index in [0.717, 1.165) is 25.7 Å². The van der Waals surface area contributed by atoms with Crippen molar-refractivity contribution in [1.82, 2.24) is 4.90 Å². The highest BCUT2D eigenvalue weighted by Crippen LogP contribution is 2.45. The maximum atomic E-state index is 12.9. The number of aryl methyl sites for hydroxylation is 1. The number of ether oxygens (including phenoxy) is 1. The molecule has 0 unspecified atom stereocenters. The smallest absolute Gasteiger partial charge is 0.225 e. The lowest BCUT2D eigenvalue weighted by Crippen LogP contribution is -2.43. The molecule has 1 amide bonds. The largest absolute Gasteiger partial charge is 0.432 e. The monoisotopic (exact) mass is 531 g/mol. The number of amides is 1. The van der Waals surface area contributed by atoms with Gasteiger partial charge in [0.2, 0.25) is 5.91 Å². The number of rotatable bonds is 7. The molecule has 1 aromatic rings. The Morgan fingerprint density at radius 2 is 1.97 bits per heavy atom. The van der Waals surface area contributed by atoms with E-state index in [2.05, 4.69) is 53.8 Å². The first kappa shape index (κ1) is 23.2. The van der Waals surface area contributed by atoms with E-state index in [0.29, 0.717) is 13.0 Å². The number of halogens is 1. The number of aliphatic hydroxyl groups is 1. The summed E-state index contributed by atoms with van der Waals surface area (Å²) in [5, 5.41) is 9.55. The second kappa shape index (κ2) is 9.76. The summed E-state index contributed by atoms with van der Waals surface area (Å²) in [5.41, 5.74) is 1.34. The molecular formula is C22H34INO4Si. The highest BCUT2D eigenvalue weighted by molar-refractivity contribution is 14.1. The van der Waals surface area contributed by atoms with Crippen LogP contribution in [0.4, 0.5) is 0 Å². The summed E-state index contributed by atoms with van der Waals surface area (Å²) in [6, 6.07) is 8.50. The third kappa shape index (κ3) is 5.61. The zero-order valence-corrected chi connectivity index (χ0v) is 20.8. The van der Waals surface area contributed by atoms with Gasteiger partial charge in [0.1, 0.15) is 0 Å². The van der Waals surface area contributed by atoms with Crippen LogP contribution in [0, 0.1) is 9.49 Å². The third-order valence-corrected chi connectivity index (χ3v) is 9.88. The number of hydrogen-bond acceptors (Lipinski definition) is 4. The molecule has 2 aliphatic rings. The van der Waals surface area contributed by atoms with Gasteiger partial charge in [-0.05, 0) is 85.0 Å². The van der Waals surface area contributed by atoms with Crippen LogP contribution >= 0.6 is 22.6 Å². The van der Waals surface area contributed by atoms with Crippen LogP contribution in [-0.4, -0.2) is 60.4 Å². The Labute approximate surface area is 189 Å². The van der Waals surface area contributed by atoms with Gasteiger partial charge in [0.05, 0.1) is 31.3 Å². The predicted octanol–water partition coefficient (Wildman–Crippen LogP) is 3.57. The van der Waals surface area contributed by atoms with Gasteiger partial charge in [0, 0.05) is 15.7 Å². The fraction of sp³-hybridized carbons (Fsp3) is 0.682. The summed E-state index contributed by atoms with van der Waals surface area (Å²) in [6.45, 7) is 6.83. The Morgan fingerprint density at radius 1 is 1.28 bits per heavy atom. The Bertz CT molecular complexity index is 693. The molecule has 2 fully saturated rings. The first-order chi connectivity index (χ1) is 13.7. The Balaban J connectivity index is 1.67. The van der Waals surface area contributed by atoms with Gasteiger partial charge in [0.25, 0.3) is 0 Å². The molecule has 5 atom stereocenters. The molecule has 7 heteroatoms. The molecule has 2 N–H and O–H groups in total. The fourth-order valence-electron chi connectivity index (χ4n) is 5.21. The van der Waals surface area contributed by atoms with Crippen LogP contribution in [-0.2, 0) is 16.0 Å². The van der Waals surface area contributed by atoms with Gasteiger partial charge in [0.15, 0.2) is 8.32 Å². The lowest BCUT2D eigenvalue weighted by atomic mass is 9.95. The third-order valence-electron chi connectivity index (χ3n) is 6.63. The molecule has 1 aromatic carbocycles. The van der Waals surface area contributed by atoms with E-state index >= 15 is 0 Å². The Kier molecular flexibility index (Phi) is 7.81. The summed E-state index contributed by atoms with van der Waals surface area (Å²) < 4.78 is 7.65. The second-order valence-electron chi connectivity index (χ2n) is 9.19. The van der Waals surface area contributed by atoms with Crippen molar-refractivity contribution in [3.8, 4) is 0 Å². The molecule has 162 valence electrons. The summed E-state index contributed by atoms with van der Waals surface area (Å²) in [6.07, 6.45) is 3.78. The minimum Gasteiger partial charge on any atom is -0.432 e. The highest BCUT2D eigenvalue weighted by atomic mass is 127. The zero-order valence-electron chi connectivity index (χ0n) is 17.7. The number of likely N-dealkylation sites (tertiary alicyclic amines) is 1. The van der Waals surface area contributed by atoms with E-state index in [4.69, 9.17) is 4.74 Å². The van der Waals surface area contributed by atoms with Gasteiger partial charge in [-0.25, -0.2) is 0 Å². The van der Waals surface area contributed by atoms with Gasteiger partial charge in [-0.15, -0.1) is 0 Å². The first-order valence-corrected chi connectivity index (χ1v) is 14.8. The number of nitrogens with zero attached hydrogens (tertiary/aromatic N) is 1. The van der Waals surface area contributed by atoms with Crippen molar-refractivity contribution in [2.24, 2.45) is 5.92 Å². The van der Waals surface area contributed by atoms with E-state index in [1.54, 1.807) is 0 Å². The average Bonchev–Trinajstić information content (AvgIpc) is 3.25. The minimum atomic E-state index is -2.49. The molecule has 2 saturated heterocycles. The van der Waals surface area contributed by atoms with E-state index in [-0.39, 0.29) is 42.2 Å². The van der Waals surface area contributed by atoms with Gasteiger partial charge in [-0.1, -0.05) is 19.1 Å². The van der Waals surface area contributed by atoms with E-state index in [1.165, 1.54) is 9.13 Å². The van der Waals surface area contributed by atoms with E-state index in [1.807, 2.05) is 18.0 Å². The molecule has 0 radical (unpaired) electrons. The van der Waals surface area contributed by atoms with Gasteiger partial charge < -0.3 is 19.5 Å². The van der Waals surface area contributed by atoms with Crippen LogP contribution in [0.15, 0.2) is 24.3 Å². The summed E-state index contributed by atoms with van der Waals surface area (Å²) in [4.78, 5) is 25.7. The molecule has 2 heterocycles. The van der Waals surface area contributed by atoms with Crippen LogP contribution in [0.2, 0.25) is 18.6 Å². The molecule has 0 aliphatic carbocycles. The number of hydrogen-bond donors (Lipinski definition) is 2. The van der Waals surface area contributed by atoms with Crippen molar-refractivity contribution in [3.05, 3.63) is 33.4 Å². The van der Waals surface area contributed by atoms with E-state index in [9.17, 15) is 14.7 Å². The average molecular weight is 532 g/mol. The molecule has 0 aromatic heterocycles. The molecule has 0 spiro atoms. The molecule has 29 heavy (non-hydrogen) atoms. The van der Waals surface area contributed by atoms with Crippen LogP contribution in [0.3, 0.4) is 0 Å². The van der Waals surface area contributed by atoms with Crippen molar-refractivity contribution in [1.29, 1.82) is 0 Å². The van der Waals surface area contributed by atoms with Crippen LogP contribution in [0.5, 0.6) is 0 Å². The molecule has 0 saturated carbocycles. The van der Waals surface area contributed by atoms with Gasteiger partial charge >= 0.3 is 0 Å². The summed E-state index contributed by atoms with van der Waals surface area (Å²) in [7, 11) is -2.49. The SMILES string of the molecule is C[C@@H]1[C@@H]([Si](C)(C)O)[C@H](CC(=O)N2CCC[C@H]2CO)O[C@@H]1CCc1ccc(I)cc1. The van der Waals surface area contributed by atoms with Crippen LogP contribution < -0.4 is 0 Å². The van der Waals surface area contributed by atoms with Gasteiger partial charge in [-0.3, -0.25) is 4.79 Å². The number of carbonyl (C=O) groups is 1. The second-order valence-corrected chi connectivity index (χ2v) is 14.4. The number of benzene rings is 1. The van der Waals surface area contributed by atoms with Crippen molar-refractivity contribution in [3.63, 3.8) is 0 Å². The summed E-state index contributed by atoms with van der Waals surface area (Å²) in [5.74, 6) is 0.288. The fourth-order valence-corrected chi connectivity index (χ4v) is 8.18. The Hall–Kier alpha value is -0.483. The number of aliphatic hydroxyl groups excluding tert-OH is 1. The minimum absolute atomic E-state index is 0.0238. The predicted molar refractivity (Wildman–Crippen MR) is 125 cm³/mol. The quantitative estimate of drug-likeness (QED) is 0.417. The number of carbonyl (C=O) groups excluding carboxylic acids is 1. The van der Waals surface area contributed by atoms with Crippen molar-refractivity contribution >= 4 is 36.8 Å². The highest BCUT2D eigenvalue weighted by Gasteiger charge is 2.50. The van der Waals surface area contributed by atoms with Gasteiger partial charge in [-0.2, -0.15) is 0 Å². The molecule has 0 bridgehead atoms. The zero-order chi connectivity index (χ0) is 21.2. The maximum absolute atomic E-state index is 12.9. The maximum Gasteiger partial charge on any atom is 0.225 e. The van der Waals surface area contributed by atoms with Crippen molar-refractivity contribution in [2.75, 3.05) is 13.2 Å². The van der Waals surface area contributed by atoms with Crippen molar-refractivity contribution in [2.45, 2.75) is 75.9 Å². The molecule has 3 rings (SSSR count). The topological polar surface area (TPSA) is 70.0 Å². The van der Waals surface area contributed by atoms with Crippen LogP contribution in [0.1, 0.15) is 38.2 Å². The summed E-state index contributed by atoms with van der Waals surface area (Å²) >= 11 is 2.31. The van der Waals surface area contributed by atoms with Crippen LogP contribution in [0.25, 0.3) is 0 Å². The lowest BCUT2D eigenvalue weighted by molar-refractivity contribution is -0.135.